The van der Waals surface area contributed by atoms with Crippen molar-refractivity contribution < 1.29 is 9.53 Å². The molecule has 84 valence electrons. The van der Waals surface area contributed by atoms with Gasteiger partial charge in [-0.15, -0.1) is 0 Å². The van der Waals surface area contributed by atoms with E-state index in [9.17, 15) is 4.79 Å². The molecule has 0 radical (unpaired) electrons. The van der Waals surface area contributed by atoms with Gasteiger partial charge in [-0.25, -0.2) is 0 Å². The Bertz CT molecular complexity index is 444. The zero-order valence-corrected chi connectivity index (χ0v) is 9.75. The lowest BCUT2D eigenvalue weighted by atomic mass is 9.91. The topological polar surface area (TPSA) is 26.3 Å². The number of carbonyl (C=O) groups is 1. The standard InChI is InChI=1S/C14H16O2/c1-3-16-13-9-8-11-6-4-5-7-12(11)14(13)10(2)15/h5,7-9H,3-4,6H2,1-2H3. The molecule has 2 heteroatoms. The van der Waals surface area contributed by atoms with Gasteiger partial charge < -0.3 is 4.74 Å². The largest absolute Gasteiger partial charge is 0.493 e. The first-order valence-electron chi connectivity index (χ1n) is 5.70. The Morgan fingerprint density at radius 2 is 2.25 bits per heavy atom. The van der Waals surface area contributed by atoms with Crippen LogP contribution in [-0.4, -0.2) is 12.4 Å². The number of ketones is 1. The zero-order valence-electron chi connectivity index (χ0n) is 9.75. The molecule has 0 spiro atoms. The number of carbonyl (C=O) groups excluding carboxylic acids is 1. The summed E-state index contributed by atoms with van der Waals surface area (Å²) in [6.45, 7) is 4.11. The number of rotatable bonds is 3. The molecule has 0 saturated heterocycles. The lowest BCUT2D eigenvalue weighted by Crippen LogP contribution is -2.07. The van der Waals surface area contributed by atoms with Gasteiger partial charge in [-0.05, 0) is 43.9 Å². The van der Waals surface area contributed by atoms with E-state index < -0.39 is 0 Å². The number of ether oxygens (including phenoxy) is 1. The first-order valence-corrected chi connectivity index (χ1v) is 5.70. The van der Waals surface area contributed by atoms with Crippen LogP contribution < -0.4 is 4.74 Å². The van der Waals surface area contributed by atoms with Crippen LogP contribution >= 0.6 is 0 Å². The highest BCUT2D eigenvalue weighted by atomic mass is 16.5. The van der Waals surface area contributed by atoms with E-state index in [1.54, 1.807) is 6.92 Å². The van der Waals surface area contributed by atoms with Crippen LogP contribution in [0.3, 0.4) is 0 Å². The minimum absolute atomic E-state index is 0.0758. The minimum atomic E-state index is 0.0758. The van der Waals surface area contributed by atoms with Gasteiger partial charge in [0.2, 0.25) is 0 Å². The Kier molecular flexibility index (Phi) is 3.09. The molecule has 0 heterocycles. The number of aryl methyl sites for hydroxylation is 1. The second-order valence-electron chi connectivity index (χ2n) is 3.94. The third-order valence-corrected chi connectivity index (χ3v) is 2.81. The SMILES string of the molecule is CCOc1ccc2c(c1C(C)=O)C=CCC2. The molecule has 0 fully saturated rings. The quantitative estimate of drug-likeness (QED) is 0.725. The predicted molar refractivity (Wildman–Crippen MR) is 65.0 cm³/mol. The summed E-state index contributed by atoms with van der Waals surface area (Å²) in [5, 5.41) is 0. The molecule has 16 heavy (non-hydrogen) atoms. The fraction of sp³-hybridized carbons (Fsp3) is 0.357. The van der Waals surface area contributed by atoms with Crippen LogP contribution in [0, 0.1) is 0 Å². The molecule has 0 saturated carbocycles. The van der Waals surface area contributed by atoms with E-state index in [1.807, 2.05) is 19.1 Å². The Morgan fingerprint density at radius 1 is 1.44 bits per heavy atom. The van der Waals surface area contributed by atoms with Crippen molar-refractivity contribution in [3.8, 4) is 5.75 Å². The Labute approximate surface area is 95.9 Å². The lowest BCUT2D eigenvalue weighted by Gasteiger charge is -2.17. The Hall–Kier alpha value is -1.57. The van der Waals surface area contributed by atoms with Crippen LogP contribution in [0.1, 0.15) is 41.8 Å². The smallest absolute Gasteiger partial charge is 0.164 e. The molecule has 0 aromatic heterocycles. The summed E-state index contributed by atoms with van der Waals surface area (Å²) in [7, 11) is 0. The van der Waals surface area contributed by atoms with Gasteiger partial charge in [-0.2, -0.15) is 0 Å². The third kappa shape index (κ3) is 1.87. The van der Waals surface area contributed by atoms with Crippen molar-refractivity contribution in [1.29, 1.82) is 0 Å². The highest BCUT2D eigenvalue weighted by Crippen LogP contribution is 2.30. The first-order chi connectivity index (χ1) is 7.74. The molecule has 0 aliphatic heterocycles. The lowest BCUT2D eigenvalue weighted by molar-refractivity contribution is 0.101. The molecule has 0 bridgehead atoms. The normalized spacial score (nSPS) is 13.4. The van der Waals surface area contributed by atoms with E-state index in [-0.39, 0.29) is 5.78 Å². The van der Waals surface area contributed by atoms with E-state index in [0.717, 1.165) is 24.0 Å². The maximum atomic E-state index is 11.7. The van der Waals surface area contributed by atoms with Gasteiger partial charge in [0.1, 0.15) is 5.75 Å². The second kappa shape index (κ2) is 4.52. The van der Waals surface area contributed by atoms with E-state index in [4.69, 9.17) is 4.74 Å². The molecule has 1 aromatic rings. The van der Waals surface area contributed by atoms with Crippen LogP contribution in [0.5, 0.6) is 5.75 Å². The van der Waals surface area contributed by atoms with E-state index >= 15 is 0 Å². The average Bonchev–Trinajstić information content (AvgIpc) is 2.28. The van der Waals surface area contributed by atoms with Crippen molar-refractivity contribution >= 4 is 11.9 Å². The monoisotopic (exact) mass is 216 g/mol. The molecule has 1 aliphatic rings. The van der Waals surface area contributed by atoms with Gasteiger partial charge in [-0.3, -0.25) is 4.79 Å². The number of allylic oxidation sites excluding steroid dienone is 1. The summed E-state index contributed by atoms with van der Waals surface area (Å²) in [4.78, 5) is 11.7. The first kappa shape index (κ1) is 10.9. The summed E-state index contributed by atoms with van der Waals surface area (Å²) in [6.07, 6.45) is 6.22. The van der Waals surface area contributed by atoms with Crippen molar-refractivity contribution in [2.75, 3.05) is 6.61 Å². The fourth-order valence-corrected chi connectivity index (χ4v) is 2.13. The number of fused-ring (bicyclic) bond motifs is 1. The maximum absolute atomic E-state index is 11.7. The third-order valence-electron chi connectivity index (χ3n) is 2.81. The van der Waals surface area contributed by atoms with Gasteiger partial charge in [-0.1, -0.05) is 18.2 Å². The Morgan fingerprint density at radius 3 is 2.94 bits per heavy atom. The number of benzene rings is 1. The number of hydrogen-bond acceptors (Lipinski definition) is 2. The van der Waals surface area contributed by atoms with Crippen molar-refractivity contribution in [2.45, 2.75) is 26.7 Å². The van der Waals surface area contributed by atoms with Gasteiger partial charge in [0.25, 0.3) is 0 Å². The molecule has 0 atom stereocenters. The summed E-state index contributed by atoms with van der Waals surface area (Å²) in [5.41, 5.74) is 3.02. The number of Topliss-reactive ketones (excluding diaryl/α,β-unsaturated/α-hetero) is 1. The molecular weight excluding hydrogens is 200 g/mol. The molecule has 0 amide bonds. The average molecular weight is 216 g/mol. The predicted octanol–water partition coefficient (Wildman–Crippen LogP) is 3.25. The van der Waals surface area contributed by atoms with Crippen LogP contribution in [0.25, 0.3) is 6.08 Å². The van der Waals surface area contributed by atoms with Crippen molar-refractivity contribution in [1.82, 2.24) is 0 Å². The molecule has 1 aromatic carbocycles. The van der Waals surface area contributed by atoms with E-state index in [0.29, 0.717) is 12.4 Å². The summed E-state index contributed by atoms with van der Waals surface area (Å²) in [5.74, 6) is 0.784. The molecule has 2 rings (SSSR count). The van der Waals surface area contributed by atoms with Gasteiger partial charge in [0, 0.05) is 0 Å². The van der Waals surface area contributed by atoms with Crippen LogP contribution in [0.4, 0.5) is 0 Å². The summed E-state index contributed by atoms with van der Waals surface area (Å²) < 4.78 is 5.51. The maximum Gasteiger partial charge on any atom is 0.164 e. The Balaban J connectivity index is 2.58. The zero-order chi connectivity index (χ0) is 11.5. The summed E-state index contributed by atoms with van der Waals surface area (Å²) in [6, 6.07) is 3.98. The highest BCUT2D eigenvalue weighted by Gasteiger charge is 2.17. The highest BCUT2D eigenvalue weighted by molar-refractivity contribution is 6.01. The van der Waals surface area contributed by atoms with Gasteiger partial charge >= 0.3 is 0 Å². The molecular formula is C14H16O2. The van der Waals surface area contributed by atoms with Crippen LogP contribution in [-0.2, 0) is 6.42 Å². The van der Waals surface area contributed by atoms with E-state index in [1.165, 1.54) is 5.56 Å². The van der Waals surface area contributed by atoms with Crippen molar-refractivity contribution in [3.05, 3.63) is 34.9 Å². The molecule has 0 unspecified atom stereocenters. The molecule has 1 aliphatic carbocycles. The number of hydrogen-bond donors (Lipinski definition) is 0. The fourth-order valence-electron chi connectivity index (χ4n) is 2.13. The van der Waals surface area contributed by atoms with Gasteiger partial charge in [0.05, 0.1) is 12.2 Å². The molecule has 2 nitrogen and oxygen atoms in total. The summed E-state index contributed by atoms with van der Waals surface area (Å²) >= 11 is 0. The van der Waals surface area contributed by atoms with Crippen LogP contribution in [0.15, 0.2) is 18.2 Å². The molecule has 0 N–H and O–H groups in total. The second-order valence-corrected chi connectivity index (χ2v) is 3.94. The van der Waals surface area contributed by atoms with E-state index in [2.05, 4.69) is 12.1 Å². The van der Waals surface area contributed by atoms with Crippen LogP contribution in [0.2, 0.25) is 0 Å². The van der Waals surface area contributed by atoms with Crippen molar-refractivity contribution in [2.24, 2.45) is 0 Å². The minimum Gasteiger partial charge on any atom is -0.493 e. The van der Waals surface area contributed by atoms with Crippen molar-refractivity contribution in [3.63, 3.8) is 0 Å². The van der Waals surface area contributed by atoms with Gasteiger partial charge in [0.15, 0.2) is 5.78 Å².